The molecule has 1 aromatic rings. The van der Waals surface area contributed by atoms with Crippen LogP contribution in [0.4, 0.5) is 0 Å². The molecule has 0 heterocycles. The van der Waals surface area contributed by atoms with Gasteiger partial charge < -0.3 is 0 Å². The number of hydrogen-bond acceptors (Lipinski definition) is 3. The highest BCUT2D eigenvalue weighted by Crippen LogP contribution is 2.29. The number of benzene rings is 1. The third-order valence-electron chi connectivity index (χ3n) is 7.49. The Morgan fingerprint density at radius 3 is 1.47 bits per heavy atom. The van der Waals surface area contributed by atoms with E-state index in [-0.39, 0.29) is 11.4 Å². The second kappa shape index (κ2) is 19.8. The predicted molar refractivity (Wildman–Crippen MR) is 164 cm³/mol. The van der Waals surface area contributed by atoms with Gasteiger partial charge in [-0.15, -0.1) is 0 Å². The van der Waals surface area contributed by atoms with Crippen LogP contribution in [0.25, 0.3) is 0 Å². The van der Waals surface area contributed by atoms with Crippen molar-refractivity contribution in [2.75, 3.05) is 0 Å². The van der Waals surface area contributed by atoms with E-state index in [0.717, 1.165) is 29.5 Å². The van der Waals surface area contributed by atoms with Gasteiger partial charge in [-0.2, -0.15) is 0 Å². The van der Waals surface area contributed by atoms with Crippen LogP contribution in [0.2, 0.25) is 0 Å². The maximum Gasteiger partial charge on any atom is 0.163 e. The summed E-state index contributed by atoms with van der Waals surface area (Å²) in [5.41, 5.74) is 1.82. The predicted octanol–water partition coefficient (Wildman–Crippen LogP) is 11.6. The number of carbonyl (C=O) groups is 1. The Balaban J connectivity index is 2.11. The lowest BCUT2D eigenvalue weighted by molar-refractivity contribution is -0.401. The Kier molecular flexibility index (Phi) is 18.2. The van der Waals surface area contributed by atoms with Crippen LogP contribution in [0.1, 0.15) is 185 Å². The molecule has 38 heavy (non-hydrogen) atoms. The third-order valence-corrected chi connectivity index (χ3v) is 7.49. The number of rotatable bonds is 23. The normalized spacial score (nSPS) is 12.3. The maximum atomic E-state index is 13.0. The van der Waals surface area contributed by atoms with Gasteiger partial charge in [-0.05, 0) is 65.2 Å². The molecule has 0 aliphatic carbocycles. The molecule has 0 saturated heterocycles. The molecule has 3 nitrogen and oxygen atoms in total. The number of Topliss-reactive ketones (excluding diaryl/α,β-unsaturated/α-hetero) is 1. The summed E-state index contributed by atoms with van der Waals surface area (Å²) >= 11 is 0. The second-order valence-electron chi connectivity index (χ2n) is 13.0. The van der Waals surface area contributed by atoms with E-state index in [9.17, 15) is 4.79 Å². The molecule has 0 aromatic heterocycles. The van der Waals surface area contributed by atoms with Crippen molar-refractivity contribution in [3.8, 4) is 0 Å². The van der Waals surface area contributed by atoms with Crippen molar-refractivity contribution in [2.45, 2.75) is 182 Å². The van der Waals surface area contributed by atoms with Gasteiger partial charge in [-0.1, -0.05) is 128 Å². The molecule has 0 bridgehead atoms. The fourth-order valence-corrected chi connectivity index (χ4v) is 4.90. The standard InChI is InChI=1S/C35H62O3/c1-8-9-10-11-12-13-14-15-16-17-18-19-20-21-22-23-24-25-26-33(36)32-29-31(28-27-30(32)2)35(6,7)38-37-34(3,4)5/h27-29H,8-26H2,1-7H3. The van der Waals surface area contributed by atoms with Crippen LogP contribution in [0.5, 0.6) is 0 Å². The van der Waals surface area contributed by atoms with Crippen LogP contribution in [-0.2, 0) is 15.4 Å². The van der Waals surface area contributed by atoms with Gasteiger partial charge in [0.15, 0.2) is 5.78 Å². The van der Waals surface area contributed by atoms with Crippen molar-refractivity contribution >= 4 is 5.78 Å². The van der Waals surface area contributed by atoms with E-state index in [0.29, 0.717) is 6.42 Å². The zero-order valence-corrected chi connectivity index (χ0v) is 26.4. The zero-order valence-electron chi connectivity index (χ0n) is 26.4. The van der Waals surface area contributed by atoms with Crippen LogP contribution < -0.4 is 0 Å². The van der Waals surface area contributed by atoms with Crippen LogP contribution >= 0.6 is 0 Å². The molecule has 0 spiro atoms. The summed E-state index contributed by atoms with van der Waals surface area (Å²) in [7, 11) is 0. The molecule has 0 aliphatic heterocycles. The number of ketones is 1. The van der Waals surface area contributed by atoms with Gasteiger partial charge in [0.1, 0.15) is 5.60 Å². The highest BCUT2D eigenvalue weighted by Gasteiger charge is 2.27. The van der Waals surface area contributed by atoms with Crippen LogP contribution in [-0.4, -0.2) is 11.4 Å². The molecule has 0 N–H and O–H groups in total. The number of carbonyl (C=O) groups excluding carboxylic acids is 1. The molecule has 220 valence electrons. The fourth-order valence-electron chi connectivity index (χ4n) is 4.90. The van der Waals surface area contributed by atoms with Gasteiger partial charge in [0.2, 0.25) is 0 Å². The molecule has 0 atom stereocenters. The lowest BCUT2D eigenvalue weighted by Gasteiger charge is -2.29. The maximum absolute atomic E-state index is 13.0. The van der Waals surface area contributed by atoms with Gasteiger partial charge >= 0.3 is 0 Å². The molecule has 0 amide bonds. The van der Waals surface area contributed by atoms with E-state index in [1.165, 1.54) is 103 Å². The van der Waals surface area contributed by atoms with E-state index >= 15 is 0 Å². The number of aryl methyl sites for hydroxylation is 1. The summed E-state index contributed by atoms with van der Waals surface area (Å²) < 4.78 is 0. The Morgan fingerprint density at radius 2 is 1.05 bits per heavy atom. The zero-order chi connectivity index (χ0) is 28.3. The first kappa shape index (κ1) is 34.8. The first-order valence-corrected chi connectivity index (χ1v) is 16.1. The quantitative estimate of drug-likeness (QED) is 0.0610. The van der Waals surface area contributed by atoms with Gasteiger partial charge in [0.05, 0.1) is 5.60 Å². The summed E-state index contributed by atoms with van der Waals surface area (Å²) in [4.78, 5) is 24.3. The Hall–Kier alpha value is -1.19. The van der Waals surface area contributed by atoms with Crippen molar-refractivity contribution in [2.24, 2.45) is 0 Å². The Labute approximate surface area is 236 Å². The van der Waals surface area contributed by atoms with E-state index < -0.39 is 5.60 Å². The fraction of sp³-hybridized carbons (Fsp3) is 0.800. The Morgan fingerprint density at radius 1 is 0.632 bits per heavy atom. The van der Waals surface area contributed by atoms with Gasteiger partial charge in [-0.3, -0.25) is 4.79 Å². The molecule has 0 fully saturated rings. The van der Waals surface area contributed by atoms with E-state index in [4.69, 9.17) is 9.78 Å². The minimum Gasteiger partial charge on any atom is -0.294 e. The molecular weight excluding hydrogens is 468 g/mol. The molecule has 0 radical (unpaired) electrons. The van der Waals surface area contributed by atoms with E-state index in [1.807, 2.05) is 59.7 Å². The number of hydrogen-bond donors (Lipinski definition) is 0. The van der Waals surface area contributed by atoms with E-state index in [1.54, 1.807) is 0 Å². The summed E-state index contributed by atoms with van der Waals surface area (Å²) in [6.45, 7) is 14.2. The van der Waals surface area contributed by atoms with Crippen molar-refractivity contribution in [3.63, 3.8) is 0 Å². The SMILES string of the molecule is CCCCCCCCCCCCCCCCCCCCC(=O)c1cc(C(C)(C)OOC(C)(C)C)ccc1C. The van der Waals surface area contributed by atoms with Gasteiger partial charge in [0, 0.05) is 12.0 Å². The van der Waals surface area contributed by atoms with Crippen molar-refractivity contribution in [1.29, 1.82) is 0 Å². The van der Waals surface area contributed by atoms with Gasteiger partial charge in [-0.25, -0.2) is 9.78 Å². The smallest absolute Gasteiger partial charge is 0.163 e. The molecule has 0 saturated carbocycles. The average molecular weight is 531 g/mol. The van der Waals surface area contributed by atoms with Crippen LogP contribution in [0, 0.1) is 6.92 Å². The molecule has 1 aromatic carbocycles. The van der Waals surface area contributed by atoms with Crippen LogP contribution in [0.15, 0.2) is 18.2 Å². The summed E-state index contributed by atoms with van der Waals surface area (Å²) in [5.74, 6) is 0.244. The first-order chi connectivity index (χ1) is 18.1. The first-order valence-electron chi connectivity index (χ1n) is 16.1. The summed E-state index contributed by atoms with van der Waals surface area (Å²) in [6.07, 6.45) is 25.1. The monoisotopic (exact) mass is 530 g/mol. The van der Waals surface area contributed by atoms with Crippen LogP contribution in [0.3, 0.4) is 0 Å². The molecular formula is C35H62O3. The minimum atomic E-state index is -0.621. The topological polar surface area (TPSA) is 35.5 Å². The summed E-state index contributed by atoms with van der Waals surface area (Å²) in [5, 5.41) is 0. The molecule has 0 aliphatic rings. The highest BCUT2D eigenvalue weighted by molar-refractivity contribution is 5.97. The molecule has 3 heteroatoms. The molecule has 0 unspecified atom stereocenters. The van der Waals surface area contributed by atoms with Gasteiger partial charge in [0.25, 0.3) is 0 Å². The van der Waals surface area contributed by atoms with Crippen molar-refractivity contribution < 1.29 is 14.6 Å². The second-order valence-corrected chi connectivity index (χ2v) is 13.0. The largest absolute Gasteiger partial charge is 0.294 e. The van der Waals surface area contributed by atoms with Crippen molar-refractivity contribution in [1.82, 2.24) is 0 Å². The molecule has 1 rings (SSSR count). The lowest BCUT2D eigenvalue weighted by atomic mass is 9.91. The average Bonchev–Trinajstić information content (AvgIpc) is 2.86. The summed E-state index contributed by atoms with van der Waals surface area (Å²) in [6, 6.07) is 6.06. The third kappa shape index (κ3) is 16.7. The number of unbranched alkanes of at least 4 members (excludes halogenated alkanes) is 17. The Bertz CT molecular complexity index is 744. The minimum absolute atomic E-state index is 0.244. The highest BCUT2D eigenvalue weighted by atomic mass is 17.2. The van der Waals surface area contributed by atoms with E-state index in [2.05, 4.69) is 6.92 Å². The van der Waals surface area contributed by atoms with Crippen molar-refractivity contribution in [3.05, 3.63) is 34.9 Å². The lowest BCUT2D eigenvalue weighted by Crippen LogP contribution is -2.29.